The number of amides is 2. The first-order chi connectivity index (χ1) is 16.4. The van der Waals surface area contributed by atoms with Crippen LogP contribution in [0.15, 0.2) is 34.4 Å². The van der Waals surface area contributed by atoms with E-state index >= 15 is 0 Å². The first-order valence-electron chi connectivity index (χ1n) is 11.8. The zero-order valence-corrected chi connectivity index (χ0v) is 19.5. The van der Waals surface area contributed by atoms with Gasteiger partial charge in [0.25, 0.3) is 0 Å². The highest BCUT2D eigenvalue weighted by atomic mass is 16.5. The number of piperidine rings is 1. The highest BCUT2D eigenvalue weighted by molar-refractivity contribution is 6.08. The largest absolute Gasteiger partial charge is 0.497 e. The van der Waals surface area contributed by atoms with Crippen molar-refractivity contribution in [1.29, 1.82) is 0 Å². The average Bonchev–Trinajstić information content (AvgIpc) is 3.41. The number of nitrogens with one attached hydrogen (secondary N) is 1. The van der Waals surface area contributed by atoms with Gasteiger partial charge in [0.1, 0.15) is 17.5 Å². The van der Waals surface area contributed by atoms with E-state index in [1.165, 1.54) is 0 Å². The van der Waals surface area contributed by atoms with Crippen molar-refractivity contribution in [3.8, 4) is 5.75 Å². The fourth-order valence-electron chi connectivity index (χ4n) is 5.28. The maximum Gasteiger partial charge on any atom is 0.240 e. The summed E-state index contributed by atoms with van der Waals surface area (Å²) in [6.07, 6.45) is 3.51. The molecular weight excluding hydrogens is 436 g/mol. The van der Waals surface area contributed by atoms with Crippen LogP contribution < -0.4 is 10.1 Å². The third-order valence-corrected chi connectivity index (χ3v) is 7.30. The number of benzene rings is 1. The van der Waals surface area contributed by atoms with E-state index in [1.807, 2.05) is 24.3 Å². The zero-order valence-electron chi connectivity index (χ0n) is 19.5. The third-order valence-electron chi connectivity index (χ3n) is 7.30. The van der Waals surface area contributed by atoms with Gasteiger partial charge in [-0.2, -0.15) is 5.10 Å². The lowest BCUT2D eigenvalue weighted by molar-refractivity contribution is -0.132. The van der Waals surface area contributed by atoms with Gasteiger partial charge < -0.3 is 15.0 Å². The van der Waals surface area contributed by atoms with Gasteiger partial charge in [0.05, 0.1) is 19.7 Å². The molecular formula is C24H30N6O4. The standard InChI is InChI=1S/C24H30N6O4/c1-28-22-18(13-25-28)23(32)27-20(26-22)14-30-12-9-19(24(30)33)29-10-7-16(8-11-29)21(31)15-3-5-17(34-2)6-4-15/h3-6,13,16,18-19,22H,7-12,14H2,1-2H3,(H,26,27,32). The second-order valence-corrected chi connectivity index (χ2v) is 9.31. The van der Waals surface area contributed by atoms with E-state index in [9.17, 15) is 14.4 Å². The summed E-state index contributed by atoms with van der Waals surface area (Å²) in [6.45, 7) is 2.37. The van der Waals surface area contributed by atoms with Crippen molar-refractivity contribution in [2.45, 2.75) is 31.5 Å². The van der Waals surface area contributed by atoms with Crippen LogP contribution in [0.25, 0.3) is 0 Å². The summed E-state index contributed by atoms with van der Waals surface area (Å²) in [5, 5.41) is 8.66. The summed E-state index contributed by atoms with van der Waals surface area (Å²) in [5.41, 5.74) is 0.707. The number of fused-ring (bicyclic) bond motifs is 1. The molecule has 3 unspecified atom stereocenters. The van der Waals surface area contributed by atoms with Crippen molar-refractivity contribution < 1.29 is 19.1 Å². The third kappa shape index (κ3) is 4.18. The molecule has 4 heterocycles. The van der Waals surface area contributed by atoms with Gasteiger partial charge in [0, 0.05) is 31.3 Å². The van der Waals surface area contributed by atoms with E-state index in [2.05, 4.69) is 20.3 Å². The highest BCUT2D eigenvalue weighted by Crippen LogP contribution is 2.27. The molecule has 10 nitrogen and oxygen atoms in total. The van der Waals surface area contributed by atoms with Crippen LogP contribution in [0.1, 0.15) is 29.6 Å². The van der Waals surface area contributed by atoms with Gasteiger partial charge in [0.15, 0.2) is 11.9 Å². The Bertz CT molecular complexity index is 1030. The van der Waals surface area contributed by atoms with E-state index in [1.54, 1.807) is 30.3 Å². The topological polar surface area (TPSA) is 107 Å². The number of hydrazone groups is 1. The number of amidine groups is 1. The predicted molar refractivity (Wildman–Crippen MR) is 126 cm³/mol. The van der Waals surface area contributed by atoms with Gasteiger partial charge in [0.2, 0.25) is 11.8 Å². The van der Waals surface area contributed by atoms with Crippen molar-refractivity contribution in [2.75, 3.05) is 40.3 Å². The van der Waals surface area contributed by atoms with Crippen LogP contribution in [0.3, 0.4) is 0 Å². The van der Waals surface area contributed by atoms with Crippen LogP contribution in [-0.4, -0.2) is 97.0 Å². The number of ether oxygens (including phenoxy) is 1. The van der Waals surface area contributed by atoms with Crippen molar-refractivity contribution in [2.24, 2.45) is 21.9 Å². The zero-order chi connectivity index (χ0) is 23.8. The molecule has 1 N–H and O–H groups in total. The van der Waals surface area contributed by atoms with Crippen LogP contribution >= 0.6 is 0 Å². The minimum absolute atomic E-state index is 0.0253. The Morgan fingerprint density at radius 2 is 1.85 bits per heavy atom. The molecule has 4 aliphatic heterocycles. The van der Waals surface area contributed by atoms with E-state index in [4.69, 9.17) is 4.74 Å². The molecule has 180 valence electrons. The molecule has 0 radical (unpaired) electrons. The number of ketones is 1. The van der Waals surface area contributed by atoms with Gasteiger partial charge >= 0.3 is 0 Å². The number of likely N-dealkylation sites (tertiary alicyclic amines) is 2. The van der Waals surface area contributed by atoms with Gasteiger partial charge in [-0.3, -0.25) is 24.3 Å². The number of hydrogen-bond acceptors (Lipinski definition) is 8. The maximum absolute atomic E-state index is 13.2. The minimum atomic E-state index is -0.377. The number of carbonyl (C=O) groups excluding carboxylic acids is 3. The summed E-state index contributed by atoms with van der Waals surface area (Å²) in [4.78, 5) is 47.0. The molecule has 2 fully saturated rings. The summed E-state index contributed by atoms with van der Waals surface area (Å²) < 4.78 is 5.17. The quantitative estimate of drug-likeness (QED) is 0.615. The Morgan fingerprint density at radius 3 is 2.56 bits per heavy atom. The van der Waals surface area contributed by atoms with E-state index in [0.717, 1.165) is 38.1 Å². The number of methoxy groups -OCH3 is 1. The lowest BCUT2D eigenvalue weighted by atomic mass is 9.88. The molecule has 1 aromatic rings. The molecule has 0 spiro atoms. The maximum atomic E-state index is 13.2. The SMILES string of the molecule is COc1ccc(C(=O)C2CCN(C3CCN(CC4=NC5C(C=NN5C)C(=O)N4)C3=O)CC2)cc1. The smallest absolute Gasteiger partial charge is 0.240 e. The second kappa shape index (κ2) is 9.17. The average molecular weight is 467 g/mol. The number of Topliss-reactive ketones (excluding diaryl/α,β-unsaturated/α-hetero) is 1. The first-order valence-corrected chi connectivity index (χ1v) is 11.8. The summed E-state index contributed by atoms with van der Waals surface area (Å²) in [6, 6.07) is 7.07. The van der Waals surface area contributed by atoms with Crippen molar-refractivity contribution in [1.82, 2.24) is 20.1 Å². The lowest BCUT2D eigenvalue weighted by Gasteiger charge is -2.34. The number of hydrogen-bond donors (Lipinski definition) is 1. The van der Waals surface area contributed by atoms with Crippen LogP contribution in [0.4, 0.5) is 0 Å². The van der Waals surface area contributed by atoms with Crippen molar-refractivity contribution >= 4 is 29.6 Å². The van der Waals surface area contributed by atoms with Crippen molar-refractivity contribution in [3.05, 3.63) is 29.8 Å². The molecule has 2 saturated heterocycles. The number of rotatable bonds is 6. The molecule has 0 bridgehead atoms. The van der Waals surface area contributed by atoms with Crippen LogP contribution in [0, 0.1) is 11.8 Å². The van der Waals surface area contributed by atoms with Crippen LogP contribution in [0.5, 0.6) is 5.75 Å². The second-order valence-electron chi connectivity index (χ2n) is 9.31. The van der Waals surface area contributed by atoms with Gasteiger partial charge in [-0.15, -0.1) is 0 Å². The van der Waals surface area contributed by atoms with Gasteiger partial charge in [-0.1, -0.05) is 0 Å². The summed E-state index contributed by atoms with van der Waals surface area (Å²) >= 11 is 0. The molecule has 3 atom stereocenters. The summed E-state index contributed by atoms with van der Waals surface area (Å²) in [7, 11) is 3.40. The first kappa shape index (κ1) is 22.5. The Morgan fingerprint density at radius 1 is 1.12 bits per heavy atom. The Labute approximate surface area is 198 Å². The Balaban J connectivity index is 1.15. The number of aliphatic imine (C=N–C) groups is 1. The van der Waals surface area contributed by atoms with Crippen LogP contribution in [0.2, 0.25) is 0 Å². The molecule has 0 saturated carbocycles. The van der Waals surface area contributed by atoms with E-state index < -0.39 is 0 Å². The normalized spacial score (nSPS) is 27.6. The van der Waals surface area contributed by atoms with Gasteiger partial charge in [-0.05, 0) is 56.6 Å². The Hall–Kier alpha value is -3.27. The molecule has 0 aliphatic carbocycles. The minimum Gasteiger partial charge on any atom is -0.497 e. The van der Waals surface area contributed by atoms with E-state index in [0.29, 0.717) is 24.5 Å². The number of nitrogens with zero attached hydrogens (tertiary/aromatic N) is 5. The monoisotopic (exact) mass is 466 g/mol. The van der Waals surface area contributed by atoms with Crippen LogP contribution in [-0.2, 0) is 9.59 Å². The fraction of sp³-hybridized carbons (Fsp3) is 0.542. The van der Waals surface area contributed by atoms with Crippen molar-refractivity contribution in [3.63, 3.8) is 0 Å². The summed E-state index contributed by atoms with van der Waals surface area (Å²) in [5.74, 6) is 0.941. The molecule has 0 aromatic heterocycles. The Kier molecular flexibility index (Phi) is 6.07. The molecule has 34 heavy (non-hydrogen) atoms. The van der Waals surface area contributed by atoms with E-state index in [-0.39, 0.29) is 41.6 Å². The molecule has 10 heteroatoms. The number of carbonyl (C=O) groups is 3. The molecule has 2 amide bonds. The van der Waals surface area contributed by atoms with Gasteiger partial charge in [-0.25, -0.2) is 4.99 Å². The molecule has 1 aromatic carbocycles. The molecule has 5 rings (SSSR count). The lowest BCUT2D eigenvalue weighted by Crippen LogP contribution is -2.52. The highest BCUT2D eigenvalue weighted by Gasteiger charge is 2.41. The predicted octanol–water partition coefficient (Wildman–Crippen LogP) is 0.593. The molecule has 4 aliphatic rings. The fourth-order valence-corrected chi connectivity index (χ4v) is 5.28.